The highest BCUT2D eigenvalue weighted by Crippen LogP contribution is 2.34. The topological polar surface area (TPSA) is 58.6 Å². The van der Waals surface area contributed by atoms with Crippen LogP contribution in [-0.2, 0) is 9.59 Å². The van der Waals surface area contributed by atoms with Gasteiger partial charge in [0.05, 0.1) is 12.2 Å². The lowest BCUT2D eigenvalue weighted by Crippen LogP contribution is -2.42. The van der Waals surface area contributed by atoms with Gasteiger partial charge in [0.2, 0.25) is 11.8 Å². The Labute approximate surface area is 144 Å². The van der Waals surface area contributed by atoms with Gasteiger partial charge in [-0.25, -0.2) is 0 Å². The summed E-state index contributed by atoms with van der Waals surface area (Å²) in [6, 6.07) is 5.84. The number of nitrogens with zero attached hydrogens (tertiary/aromatic N) is 1. The molecule has 1 aromatic rings. The summed E-state index contributed by atoms with van der Waals surface area (Å²) in [4.78, 5) is 26.2. The number of fused-ring (bicyclic) bond motifs is 1. The molecule has 0 bridgehead atoms. The van der Waals surface area contributed by atoms with Crippen molar-refractivity contribution in [2.24, 2.45) is 5.92 Å². The number of ether oxygens (including phenoxy) is 1. The van der Waals surface area contributed by atoms with Crippen LogP contribution in [0.5, 0.6) is 5.75 Å². The van der Waals surface area contributed by atoms with Crippen LogP contribution in [0.4, 0.5) is 5.69 Å². The predicted molar refractivity (Wildman–Crippen MR) is 95.3 cm³/mol. The molecule has 1 N–H and O–H groups in total. The Morgan fingerprint density at radius 3 is 2.79 bits per heavy atom. The van der Waals surface area contributed by atoms with Crippen molar-refractivity contribution in [2.45, 2.75) is 53.1 Å². The molecule has 0 spiro atoms. The van der Waals surface area contributed by atoms with Crippen molar-refractivity contribution in [1.82, 2.24) is 5.32 Å². The number of amides is 2. The van der Waals surface area contributed by atoms with Gasteiger partial charge in [-0.2, -0.15) is 0 Å². The third-order valence-corrected chi connectivity index (χ3v) is 4.08. The van der Waals surface area contributed by atoms with Gasteiger partial charge in [-0.3, -0.25) is 9.59 Å². The molecule has 1 aromatic carbocycles. The minimum absolute atomic E-state index is 0.0315. The zero-order chi connectivity index (χ0) is 17.7. The molecule has 2 rings (SSSR count). The number of rotatable bonds is 6. The zero-order valence-electron chi connectivity index (χ0n) is 15.1. The fourth-order valence-electron chi connectivity index (χ4n) is 2.73. The molecular formula is C19H28N2O3. The predicted octanol–water partition coefficient (Wildman–Crippen LogP) is 3.05. The second kappa shape index (κ2) is 8.18. The van der Waals surface area contributed by atoms with Crippen molar-refractivity contribution in [3.63, 3.8) is 0 Å². The van der Waals surface area contributed by atoms with E-state index in [1.165, 1.54) is 0 Å². The molecule has 0 unspecified atom stereocenters. The molecular weight excluding hydrogens is 304 g/mol. The number of hydrogen-bond acceptors (Lipinski definition) is 3. The number of hydrogen-bond donors (Lipinski definition) is 1. The van der Waals surface area contributed by atoms with Gasteiger partial charge in [0.25, 0.3) is 0 Å². The molecule has 0 saturated heterocycles. The van der Waals surface area contributed by atoms with Gasteiger partial charge in [-0.05, 0) is 43.9 Å². The molecule has 24 heavy (non-hydrogen) atoms. The second-order valence-corrected chi connectivity index (χ2v) is 6.94. The van der Waals surface area contributed by atoms with Crippen molar-refractivity contribution >= 4 is 17.5 Å². The molecule has 0 aliphatic carbocycles. The van der Waals surface area contributed by atoms with Crippen molar-refractivity contribution in [3.8, 4) is 5.75 Å². The average Bonchev–Trinajstić information content (AvgIpc) is 2.52. The summed E-state index contributed by atoms with van der Waals surface area (Å²) in [6.07, 6.45) is 1.34. The van der Waals surface area contributed by atoms with E-state index in [0.29, 0.717) is 19.0 Å². The van der Waals surface area contributed by atoms with Crippen LogP contribution in [0.1, 0.15) is 45.6 Å². The molecule has 5 heteroatoms. The van der Waals surface area contributed by atoms with Gasteiger partial charge in [-0.1, -0.05) is 19.9 Å². The Kier molecular flexibility index (Phi) is 6.23. The van der Waals surface area contributed by atoms with Crippen LogP contribution in [0.25, 0.3) is 0 Å². The summed E-state index contributed by atoms with van der Waals surface area (Å²) >= 11 is 0. The number of anilines is 1. The van der Waals surface area contributed by atoms with Gasteiger partial charge < -0.3 is 15.0 Å². The van der Waals surface area contributed by atoms with E-state index in [4.69, 9.17) is 4.74 Å². The fraction of sp³-hybridized carbons (Fsp3) is 0.579. The van der Waals surface area contributed by atoms with Crippen molar-refractivity contribution in [2.75, 3.05) is 18.0 Å². The summed E-state index contributed by atoms with van der Waals surface area (Å²) in [5.74, 6) is 1.20. The molecule has 5 nitrogen and oxygen atoms in total. The van der Waals surface area contributed by atoms with Crippen LogP contribution in [0.2, 0.25) is 0 Å². The van der Waals surface area contributed by atoms with Crippen molar-refractivity contribution in [1.29, 1.82) is 0 Å². The maximum Gasteiger partial charge on any atom is 0.227 e. The Balaban J connectivity index is 1.93. The Hall–Kier alpha value is -2.04. The molecule has 2 amide bonds. The third kappa shape index (κ3) is 4.98. The first-order valence-corrected chi connectivity index (χ1v) is 8.71. The lowest BCUT2D eigenvalue weighted by atomic mass is 10.1. The van der Waals surface area contributed by atoms with E-state index in [0.717, 1.165) is 23.4 Å². The highest BCUT2D eigenvalue weighted by molar-refractivity contribution is 5.97. The summed E-state index contributed by atoms with van der Waals surface area (Å²) in [5.41, 5.74) is 1.88. The third-order valence-electron chi connectivity index (χ3n) is 4.08. The normalized spacial score (nSPS) is 16.5. The van der Waals surface area contributed by atoms with Gasteiger partial charge >= 0.3 is 0 Å². The summed E-state index contributed by atoms with van der Waals surface area (Å²) in [6.45, 7) is 9.36. The standard InChI is InChI=1S/C19H28N2O3/c1-13(2)9-10-20-18(22)7-8-19(23)21-12-15(4)24-17-6-5-14(3)11-16(17)21/h5-6,11,13,15H,7-10,12H2,1-4H3,(H,20,22)/t15-/m0/s1. The summed E-state index contributed by atoms with van der Waals surface area (Å²) < 4.78 is 5.80. The Bertz CT molecular complexity index is 598. The molecule has 1 atom stereocenters. The van der Waals surface area contributed by atoms with E-state index in [9.17, 15) is 9.59 Å². The second-order valence-electron chi connectivity index (χ2n) is 6.94. The lowest BCUT2D eigenvalue weighted by molar-refractivity contribution is -0.125. The maximum absolute atomic E-state index is 12.6. The number of carbonyl (C=O) groups is 2. The molecule has 132 valence electrons. The van der Waals surface area contributed by atoms with Gasteiger partial charge in [0.15, 0.2) is 0 Å². The number of aryl methyl sites for hydroxylation is 1. The van der Waals surface area contributed by atoms with Crippen LogP contribution < -0.4 is 15.0 Å². The van der Waals surface area contributed by atoms with Crippen LogP contribution in [0.15, 0.2) is 18.2 Å². The molecule has 0 fully saturated rings. The van der Waals surface area contributed by atoms with Gasteiger partial charge in [0.1, 0.15) is 11.9 Å². The smallest absolute Gasteiger partial charge is 0.227 e. The Morgan fingerprint density at radius 1 is 1.33 bits per heavy atom. The average molecular weight is 332 g/mol. The van der Waals surface area contributed by atoms with E-state index >= 15 is 0 Å². The molecule has 1 aliphatic heterocycles. The van der Waals surface area contributed by atoms with Crippen LogP contribution in [0.3, 0.4) is 0 Å². The van der Waals surface area contributed by atoms with Gasteiger partial charge in [0, 0.05) is 19.4 Å². The zero-order valence-corrected chi connectivity index (χ0v) is 15.1. The molecule has 0 aromatic heterocycles. The summed E-state index contributed by atoms with van der Waals surface area (Å²) in [5, 5.41) is 2.87. The van der Waals surface area contributed by atoms with Crippen LogP contribution in [0, 0.1) is 12.8 Å². The maximum atomic E-state index is 12.6. The number of benzene rings is 1. The molecule has 1 heterocycles. The SMILES string of the molecule is Cc1ccc2c(c1)N(C(=O)CCC(=O)NCCC(C)C)C[C@H](C)O2. The lowest BCUT2D eigenvalue weighted by Gasteiger charge is -2.33. The molecule has 0 saturated carbocycles. The largest absolute Gasteiger partial charge is 0.487 e. The minimum Gasteiger partial charge on any atom is -0.487 e. The fourth-order valence-corrected chi connectivity index (χ4v) is 2.73. The first kappa shape index (κ1) is 18.3. The quantitative estimate of drug-likeness (QED) is 0.871. The van der Waals surface area contributed by atoms with Crippen LogP contribution >= 0.6 is 0 Å². The minimum atomic E-state index is -0.0604. The van der Waals surface area contributed by atoms with Crippen molar-refractivity contribution in [3.05, 3.63) is 23.8 Å². The number of nitrogens with one attached hydrogen (secondary N) is 1. The summed E-state index contributed by atoms with van der Waals surface area (Å²) in [7, 11) is 0. The van der Waals surface area contributed by atoms with E-state index in [-0.39, 0.29) is 30.8 Å². The van der Waals surface area contributed by atoms with Crippen LogP contribution in [-0.4, -0.2) is 31.0 Å². The highest BCUT2D eigenvalue weighted by atomic mass is 16.5. The van der Waals surface area contributed by atoms with E-state index in [1.807, 2.05) is 32.0 Å². The highest BCUT2D eigenvalue weighted by Gasteiger charge is 2.27. The first-order chi connectivity index (χ1) is 11.4. The number of carbonyl (C=O) groups excluding carboxylic acids is 2. The van der Waals surface area contributed by atoms with E-state index in [1.54, 1.807) is 4.90 Å². The molecule has 0 radical (unpaired) electrons. The Morgan fingerprint density at radius 2 is 2.08 bits per heavy atom. The molecule has 1 aliphatic rings. The van der Waals surface area contributed by atoms with E-state index in [2.05, 4.69) is 19.2 Å². The first-order valence-electron chi connectivity index (χ1n) is 8.71. The van der Waals surface area contributed by atoms with Gasteiger partial charge in [-0.15, -0.1) is 0 Å². The monoisotopic (exact) mass is 332 g/mol. The van der Waals surface area contributed by atoms with E-state index < -0.39 is 0 Å². The van der Waals surface area contributed by atoms with Crippen molar-refractivity contribution < 1.29 is 14.3 Å².